The second-order valence-corrected chi connectivity index (χ2v) is 5.23. The molecule has 0 radical (unpaired) electrons. The molecule has 100 valence electrons. The van der Waals surface area contributed by atoms with Crippen LogP contribution in [0.1, 0.15) is 22.7 Å². The lowest BCUT2D eigenvalue weighted by atomic mass is 9.98. The lowest BCUT2D eigenvalue weighted by Gasteiger charge is -2.16. The summed E-state index contributed by atoms with van der Waals surface area (Å²) in [6.07, 6.45) is 0. The van der Waals surface area contributed by atoms with E-state index in [-0.39, 0.29) is 5.82 Å². The van der Waals surface area contributed by atoms with E-state index in [9.17, 15) is 4.39 Å². The number of hydrogen-bond acceptors (Lipinski definition) is 2. The van der Waals surface area contributed by atoms with Gasteiger partial charge in [-0.1, -0.05) is 28.1 Å². The number of halogens is 2. The smallest absolute Gasteiger partial charge is 0.126 e. The molecule has 1 unspecified atom stereocenters. The highest BCUT2D eigenvalue weighted by Crippen LogP contribution is 2.30. The Morgan fingerprint density at radius 2 is 1.95 bits per heavy atom. The van der Waals surface area contributed by atoms with E-state index >= 15 is 0 Å². The predicted octanol–water partition coefficient (Wildman–Crippen LogP) is 3.95. The van der Waals surface area contributed by atoms with Crippen molar-refractivity contribution >= 4 is 15.9 Å². The van der Waals surface area contributed by atoms with Gasteiger partial charge >= 0.3 is 0 Å². The minimum Gasteiger partial charge on any atom is -0.497 e. The van der Waals surface area contributed by atoms with E-state index in [0.717, 1.165) is 21.3 Å². The molecule has 0 saturated heterocycles. The van der Waals surface area contributed by atoms with Crippen LogP contribution in [-0.2, 0) is 0 Å². The minimum atomic E-state index is -0.403. The van der Waals surface area contributed by atoms with Gasteiger partial charge < -0.3 is 10.5 Å². The van der Waals surface area contributed by atoms with Crippen LogP contribution < -0.4 is 10.5 Å². The van der Waals surface area contributed by atoms with Crippen molar-refractivity contribution < 1.29 is 9.13 Å². The molecule has 0 fully saturated rings. The molecule has 0 aliphatic carbocycles. The van der Waals surface area contributed by atoms with Crippen LogP contribution in [0.5, 0.6) is 5.75 Å². The van der Waals surface area contributed by atoms with Gasteiger partial charge in [-0.25, -0.2) is 4.39 Å². The van der Waals surface area contributed by atoms with Crippen molar-refractivity contribution in [3.63, 3.8) is 0 Å². The fourth-order valence-electron chi connectivity index (χ4n) is 1.87. The van der Waals surface area contributed by atoms with Crippen LogP contribution in [0.3, 0.4) is 0 Å². The third-order valence-electron chi connectivity index (χ3n) is 3.09. The molecular formula is C15H15BrFNO. The Labute approximate surface area is 120 Å². The lowest BCUT2D eigenvalue weighted by Crippen LogP contribution is -2.13. The summed E-state index contributed by atoms with van der Waals surface area (Å²) >= 11 is 3.46. The van der Waals surface area contributed by atoms with Gasteiger partial charge in [0.25, 0.3) is 0 Å². The van der Waals surface area contributed by atoms with Crippen molar-refractivity contribution in [3.05, 3.63) is 63.4 Å². The molecule has 2 nitrogen and oxygen atoms in total. The summed E-state index contributed by atoms with van der Waals surface area (Å²) in [5.41, 5.74) is 8.42. The normalized spacial score (nSPS) is 12.3. The van der Waals surface area contributed by atoms with Gasteiger partial charge in [-0.2, -0.15) is 0 Å². The maximum Gasteiger partial charge on any atom is 0.126 e. The number of benzene rings is 2. The Bertz CT molecular complexity index is 601. The van der Waals surface area contributed by atoms with Crippen molar-refractivity contribution in [2.75, 3.05) is 7.11 Å². The van der Waals surface area contributed by atoms with Crippen LogP contribution in [0.15, 0.2) is 40.9 Å². The number of methoxy groups -OCH3 is 1. The summed E-state index contributed by atoms with van der Waals surface area (Å²) < 4.78 is 19.7. The van der Waals surface area contributed by atoms with Gasteiger partial charge in [0.15, 0.2) is 0 Å². The SMILES string of the molecule is COc1ccc(Br)c(C(N)c2ccc(C)c(F)c2)c1. The van der Waals surface area contributed by atoms with E-state index in [4.69, 9.17) is 10.5 Å². The van der Waals surface area contributed by atoms with Crippen molar-refractivity contribution in [2.45, 2.75) is 13.0 Å². The molecule has 2 N–H and O–H groups in total. The Kier molecular flexibility index (Phi) is 4.22. The van der Waals surface area contributed by atoms with E-state index in [1.807, 2.05) is 24.3 Å². The first kappa shape index (κ1) is 14.0. The molecule has 0 saturated carbocycles. The highest BCUT2D eigenvalue weighted by atomic mass is 79.9. The standard InChI is InChI=1S/C15H15BrFNO/c1-9-3-4-10(7-14(9)17)15(18)12-8-11(19-2)5-6-13(12)16/h3-8,15H,18H2,1-2H3. The molecule has 0 heterocycles. The second kappa shape index (κ2) is 5.72. The topological polar surface area (TPSA) is 35.2 Å². The first-order valence-electron chi connectivity index (χ1n) is 5.88. The Morgan fingerprint density at radius 1 is 1.21 bits per heavy atom. The summed E-state index contributed by atoms with van der Waals surface area (Å²) in [4.78, 5) is 0. The minimum absolute atomic E-state index is 0.244. The Morgan fingerprint density at radius 3 is 2.58 bits per heavy atom. The molecule has 19 heavy (non-hydrogen) atoms. The molecule has 0 aliphatic rings. The van der Waals surface area contributed by atoms with Crippen LogP contribution in [0.25, 0.3) is 0 Å². The molecule has 2 aromatic carbocycles. The van der Waals surface area contributed by atoms with Gasteiger partial charge in [-0.15, -0.1) is 0 Å². The number of hydrogen-bond donors (Lipinski definition) is 1. The van der Waals surface area contributed by atoms with E-state index in [1.165, 1.54) is 6.07 Å². The van der Waals surface area contributed by atoms with Crippen molar-refractivity contribution in [1.29, 1.82) is 0 Å². The van der Waals surface area contributed by atoms with Crippen LogP contribution in [0, 0.1) is 12.7 Å². The summed E-state index contributed by atoms with van der Waals surface area (Å²) in [7, 11) is 1.60. The van der Waals surface area contributed by atoms with Crippen LogP contribution in [0.2, 0.25) is 0 Å². The van der Waals surface area contributed by atoms with Crippen LogP contribution in [0.4, 0.5) is 4.39 Å². The number of nitrogens with two attached hydrogens (primary N) is 1. The van der Waals surface area contributed by atoms with E-state index in [0.29, 0.717) is 5.56 Å². The first-order chi connectivity index (χ1) is 9.02. The Balaban J connectivity index is 2.42. The average molecular weight is 324 g/mol. The van der Waals surface area contributed by atoms with Gasteiger partial charge in [0.05, 0.1) is 13.2 Å². The quantitative estimate of drug-likeness (QED) is 0.928. The number of ether oxygens (including phenoxy) is 1. The third kappa shape index (κ3) is 2.96. The second-order valence-electron chi connectivity index (χ2n) is 4.37. The Hall–Kier alpha value is -1.39. The zero-order valence-electron chi connectivity index (χ0n) is 10.8. The molecule has 2 aromatic rings. The maximum absolute atomic E-state index is 13.6. The van der Waals surface area contributed by atoms with E-state index < -0.39 is 6.04 Å². The average Bonchev–Trinajstić information content (AvgIpc) is 2.41. The molecule has 0 bridgehead atoms. The van der Waals surface area contributed by atoms with Crippen LogP contribution >= 0.6 is 15.9 Å². The molecule has 4 heteroatoms. The molecule has 0 aromatic heterocycles. The van der Waals surface area contributed by atoms with E-state index in [2.05, 4.69) is 15.9 Å². The summed E-state index contributed by atoms with van der Waals surface area (Å²) in [6.45, 7) is 1.73. The van der Waals surface area contributed by atoms with Crippen molar-refractivity contribution in [3.8, 4) is 5.75 Å². The largest absolute Gasteiger partial charge is 0.497 e. The highest BCUT2D eigenvalue weighted by molar-refractivity contribution is 9.10. The van der Waals surface area contributed by atoms with E-state index in [1.54, 1.807) is 20.1 Å². The van der Waals surface area contributed by atoms with Crippen molar-refractivity contribution in [1.82, 2.24) is 0 Å². The maximum atomic E-state index is 13.6. The van der Waals surface area contributed by atoms with Gasteiger partial charge in [0.1, 0.15) is 11.6 Å². The van der Waals surface area contributed by atoms with Gasteiger partial charge in [-0.3, -0.25) is 0 Å². The fraction of sp³-hybridized carbons (Fsp3) is 0.200. The van der Waals surface area contributed by atoms with Crippen molar-refractivity contribution in [2.24, 2.45) is 5.73 Å². The molecule has 0 spiro atoms. The third-order valence-corrected chi connectivity index (χ3v) is 3.82. The first-order valence-corrected chi connectivity index (χ1v) is 6.67. The summed E-state index contributed by atoms with van der Waals surface area (Å²) in [5, 5.41) is 0. The van der Waals surface area contributed by atoms with Gasteiger partial charge in [-0.05, 0) is 47.9 Å². The number of aryl methyl sites for hydroxylation is 1. The summed E-state index contributed by atoms with van der Waals surface area (Å²) in [6, 6.07) is 10.2. The van der Waals surface area contributed by atoms with Gasteiger partial charge in [0, 0.05) is 4.47 Å². The molecule has 0 amide bonds. The summed E-state index contributed by atoms with van der Waals surface area (Å²) in [5.74, 6) is 0.480. The zero-order valence-corrected chi connectivity index (χ0v) is 12.4. The monoisotopic (exact) mass is 323 g/mol. The molecule has 2 rings (SSSR count). The number of rotatable bonds is 3. The molecule has 1 atom stereocenters. The van der Waals surface area contributed by atoms with Gasteiger partial charge in [0.2, 0.25) is 0 Å². The molecule has 0 aliphatic heterocycles. The fourth-order valence-corrected chi connectivity index (χ4v) is 2.36. The highest BCUT2D eigenvalue weighted by Gasteiger charge is 2.14. The van der Waals surface area contributed by atoms with Crippen LogP contribution in [-0.4, -0.2) is 7.11 Å². The lowest BCUT2D eigenvalue weighted by molar-refractivity contribution is 0.414. The zero-order chi connectivity index (χ0) is 14.0. The predicted molar refractivity (Wildman–Crippen MR) is 77.9 cm³/mol. The molecular weight excluding hydrogens is 309 g/mol.